The van der Waals surface area contributed by atoms with Crippen molar-refractivity contribution in [2.45, 2.75) is 95.5 Å². The summed E-state index contributed by atoms with van der Waals surface area (Å²) in [4.78, 5) is 22.0. The first-order chi connectivity index (χ1) is 13.0. The molecule has 0 spiro atoms. The summed E-state index contributed by atoms with van der Waals surface area (Å²) in [6.07, 6.45) is 12.1. The molecule has 0 aliphatic carbocycles. The number of carbonyl (C=O) groups excluding carboxylic acids is 1. The summed E-state index contributed by atoms with van der Waals surface area (Å²) in [6, 6.07) is 0. The van der Waals surface area contributed by atoms with Crippen LogP contribution in [0.15, 0.2) is 26.3 Å². The zero-order valence-electron chi connectivity index (χ0n) is 18.2. The van der Waals surface area contributed by atoms with Gasteiger partial charge in [-0.1, -0.05) is 101 Å². The molecule has 4 nitrogen and oxygen atoms in total. The van der Waals surface area contributed by atoms with Crippen molar-refractivity contribution in [1.82, 2.24) is 0 Å². The summed E-state index contributed by atoms with van der Waals surface area (Å²) < 4.78 is 0.289. The number of aliphatic hydroxyl groups excluding tert-OH is 1. The highest BCUT2D eigenvalue weighted by Crippen LogP contribution is 2.39. The molecule has 0 aliphatic heterocycles. The molecule has 27 heavy (non-hydrogen) atoms. The molecule has 0 aromatic carbocycles. The van der Waals surface area contributed by atoms with Crippen LogP contribution in [0.4, 0.5) is 0 Å². The van der Waals surface area contributed by atoms with Crippen molar-refractivity contribution >= 4 is 28.4 Å². The SMILES string of the molecule is C=C.C=C.C=O.CCCCCCCCCCC(CO)SSC(C)(C)C.O=O. The van der Waals surface area contributed by atoms with E-state index in [4.69, 9.17) is 14.7 Å². The van der Waals surface area contributed by atoms with Crippen molar-refractivity contribution < 1.29 is 9.90 Å². The predicted molar refractivity (Wildman–Crippen MR) is 129 cm³/mol. The average Bonchev–Trinajstić information content (AvgIpc) is 2.71. The fourth-order valence-electron chi connectivity index (χ4n) is 1.89. The van der Waals surface area contributed by atoms with E-state index in [9.17, 15) is 5.11 Å². The maximum absolute atomic E-state index is 9.39. The van der Waals surface area contributed by atoms with E-state index in [1.165, 1.54) is 57.8 Å². The number of hydrogen-bond donors (Lipinski definition) is 1. The van der Waals surface area contributed by atoms with Crippen molar-refractivity contribution in [2.24, 2.45) is 0 Å². The molecule has 0 radical (unpaired) electrons. The monoisotopic (exact) mass is 424 g/mol. The molecular formula is C21H44O4S2. The Kier molecular flexibility index (Phi) is 50.1. The van der Waals surface area contributed by atoms with Crippen molar-refractivity contribution in [1.29, 1.82) is 0 Å². The van der Waals surface area contributed by atoms with Crippen molar-refractivity contribution in [3.8, 4) is 0 Å². The van der Waals surface area contributed by atoms with Crippen LogP contribution in [-0.4, -0.2) is 28.5 Å². The quantitative estimate of drug-likeness (QED) is 0.198. The van der Waals surface area contributed by atoms with Gasteiger partial charge in [0.15, 0.2) is 0 Å². The number of carbonyl (C=O) groups is 1. The maximum Gasteiger partial charge on any atom is 0.106 e. The van der Waals surface area contributed by atoms with Gasteiger partial charge >= 0.3 is 0 Å². The van der Waals surface area contributed by atoms with Gasteiger partial charge in [0.2, 0.25) is 0 Å². The lowest BCUT2D eigenvalue weighted by Crippen LogP contribution is -2.11. The van der Waals surface area contributed by atoms with Crippen LogP contribution < -0.4 is 0 Å². The average molecular weight is 425 g/mol. The minimum Gasteiger partial charge on any atom is -0.395 e. The molecule has 1 N–H and O–H groups in total. The fraction of sp³-hybridized carbons (Fsp3) is 0.762. The van der Waals surface area contributed by atoms with Gasteiger partial charge in [-0.15, -0.1) is 26.3 Å². The zero-order valence-corrected chi connectivity index (χ0v) is 19.8. The molecule has 0 aromatic heterocycles. The Bertz CT molecular complexity index is 241. The first kappa shape index (κ1) is 37.2. The van der Waals surface area contributed by atoms with E-state index in [1.807, 2.05) is 28.4 Å². The summed E-state index contributed by atoms with van der Waals surface area (Å²) in [5.41, 5.74) is 0. The van der Waals surface area contributed by atoms with Crippen LogP contribution in [0.25, 0.3) is 0 Å². The fourth-order valence-corrected chi connectivity index (χ4v) is 4.38. The van der Waals surface area contributed by atoms with Gasteiger partial charge in [0.05, 0.1) is 6.61 Å². The van der Waals surface area contributed by atoms with E-state index in [0.29, 0.717) is 11.9 Å². The molecular weight excluding hydrogens is 380 g/mol. The van der Waals surface area contributed by atoms with E-state index in [-0.39, 0.29) is 4.75 Å². The van der Waals surface area contributed by atoms with Gasteiger partial charge in [0.25, 0.3) is 0 Å². The van der Waals surface area contributed by atoms with Crippen molar-refractivity contribution in [3.05, 3.63) is 36.2 Å². The molecule has 1 atom stereocenters. The molecule has 0 rings (SSSR count). The maximum atomic E-state index is 9.39. The summed E-state index contributed by atoms with van der Waals surface area (Å²) in [5, 5.41) is 9.81. The highest BCUT2D eigenvalue weighted by molar-refractivity contribution is 8.77. The smallest absolute Gasteiger partial charge is 0.106 e. The normalized spacial score (nSPS) is 10.3. The summed E-state index contributed by atoms with van der Waals surface area (Å²) in [6.45, 7) is 23.3. The standard InChI is InChI=1S/C16H34OS2.2C2H4.CH2O.O2/c1-5-6-7-8-9-10-11-12-13-15(14-17)18-19-16(2,3)4;4*1-2/h15,17H,5-14H2,1-4H3;2*1-2H2;1H2;. The third-order valence-corrected chi connectivity index (χ3v) is 6.88. The Hall–Kier alpha value is -0.590. The predicted octanol–water partition coefficient (Wildman–Crippen LogP) is 7.54. The van der Waals surface area contributed by atoms with E-state index < -0.39 is 0 Å². The lowest BCUT2D eigenvalue weighted by atomic mass is 10.1. The number of aliphatic hydroxyl groups is 1. The highest BCUT2D eigenvalue weighted by atomic mass is 33.1. The Labute approximate surface area is 176 Å². The third-order valence-electron chi connectivity index (χ3n) is 3.02. The Morgan fingerprint density at radius 3 is 1.52 bits per heavy atom. The molecule has 0 heterocycles. The third kappa shape index (κ3) is 45.9. The van der Waals surface area contributed by atoms with Crippen LogP contribution in [0.2, 0.25) is 0 Å². The summed E-state index contributed by atoms with van der Waals surface area (Å²) >= 11 is 0. The lowest BCUT2D eigenvalue weighted by Gasteiger charge is -2.20. The van der Waals surface area contributed by atoms with Crippen molar-refractivity contribution in [3.63, 3.8) is 0 Å². The van der Waals surface area contributed by atoms with Gasteiger partial charge in [0, 0.05) is 19.9 Å². The second kappa shape index (κ2) is 36.3. The van der Waals surface area contributed by atoms with Crippen LogP contribution >= 0.6 is 21.6 Å². The second-order valence-electron chi connectivity index (χ2n) is 6.36. The van der Waals surface area contributed by atoms with E-state index in [1.54, 1.807) is 0 Å². The molecule has 0 aromatic rings. The van der Waals surface area contributed by atoms with E-state index in [2.05, 4.69) is 54.0 Å². The molecule has 0 aliphatic rings. The number of unbranched alkanes of at least 4 members (excludes halogenated alkanes) is 7. The Morgan fingerprint density at radius 2 is 1.19 bits per heavy atom. The van der Waals surface area contributed by atoms with Gasteiger partial charge in [0.1, 0.15) is 6.79 Å². The van der Waals surface area contributed by atoms with Crippen LogP contribution in [0.5, 0.6) is 0 Å². The molecule has 0 bridgehead atoms. The van der Waals surface area contributed by atoms with Gasteiger partial charge in [-0.05, 0) is 6.42 Å². The largest absolute Gasteiger partial charge is 0.395 e. The summed E-state index contributed by atoms with van der Waals surface area (Å²) in [5.74, 6) is 0. The molecule has 0 amide bonds. The van der Waals surface area contributed by atoms with Gasteiger partial charge < -0.3 is 9.90 Å². The van der Waals surface area contributed by atoms with Gasteiger partial charge in [-0.25, -0.2) is 0 Å². The minimum absolute atomic E-state index is 0.289. The Morgan fingerprint density at radius 1 is 0.815 bits per heavy atom. The molecule has 1 unspecified atom stereocenters. The molecule has 0 saturated carbocycles. The number of hydrogen-bond acceptors (Lipinski definition) is 6. The molecule has 164 valence electrons. The minimum atomic E-state index is 0.289. The number of rotatable bonds is 12. The van der Waals surface area contributed by atoms with Gasteiger partial charge in [-0.2, -0.15) is 0 Å². The lowest BCUT2D eigenvalue weighted by molar-refractivity contribution is -0.0979. The van der Waals surface area contributed by atoms with Crippen molar-refractivity contribution in [2.75, 3.05) is 6.61 Å². The second-order valence-corrected chi connectivity index (χ2v) is 9.69. The van der Waals surface area contributed by atoms with Crippen LogP contribution in [0, 0.1) is 9.93 Å². The zero-order chi connectivity index (χ0) is 22.6. The van der Waals surface area contributed by atoms with E-state index in [0.717, 1.165) is 0 Å². The first-order valence-corrected chi connectivity index (χ1v) is 11.6. The van der Waals surface area contributed by atoms with Crippen LogP contribution in [-0.2, 0) is 4.79 Å². The molecule has 6 heteroatoms. The highest BCUT2D eigenvalue weighted by Gasteiger charge is 2.15. The van der Waals surface area contributed by atoms with Crippen LogP contribution in [0.3, 0.4) is 0 Å². The van der Waals surface area contributed by atoms with Crippen LogP contribution in [0.1, 0.15) is 85.5 Å². The van der Waals surface area contributed by atoms with Gasteiger partial charge in [-0.3, -0.25) is 0 Å². The molecule has 0 saturated heterocycles. The topological polar surface area (TPSA) is 71.4 Å². The van der Waals surface area contributed by atoms with E-state index >= 15 is 0 Å². The Balaban J connectivity index is -0.000000177. The summed E-state index contributed by atoms with van der Waals surface area (Å²) in [7, 11) is 3.77. The first-order valence-electron chi connectivity index (χ1n) is 9.40. The molecule has 0 fully saturated rings.